The van der Waals surface area contributed by atoms with E-state index in [1.165, 1.54) is 18.2 Å². The van der Waals surface area contributed by atoms with Gasteiger partial charge in [-0.2, -0.15) is 0 Å². The molecule has 0 saturated heterocycles. The summed E-state index contributed by atoms with van der Waals surface area (Å²) in [6.07, 6.45) is 1.90. The fourth-order valence-electron chi connectivity index (χ4n) is 6.50. The minimum atomic E-state index is -4.86. The fourth-order valence-corrected chi connectivity index (χ4v) is 6.93. The highest BCUT2D eigenvalue weighted by Crippen LogP contribution is 2.57. The summed E-state index contributed by atoms with van der Waals surface area (Å²) >= 11 is 0. The maximum atomic E-state index is 13.6. The van der Waals surface area contributed by atoms with Crippen LogP contribution in [0.3, 0.4) is 0 Å². The van der Waals surface area contributed by atoms with E-state index in [1.807, 2.05) is 74.4 Å². The van der Waals surface area contributed by atoms with Crippen LogP contribution in [0.25, 0.3) is 0 Å². The van der Waals surface area contributed by atoms with Gasteiger partial charge in [0.25, 0.3) is 5.91 Å². The number of carbonyl (C=O) groups is 3. The third-order valence-corrected chi connectivity index (χ3v) is 9.57. The SMILES string of the molecule is CN(C)c1ccc2c(c1)Oc1cc(N(C)C)ccc1C21OC(=O)c2cc(C(=O)NCCCCCC(=O)Nc3ccc(OP(=O)(O)O)c(CF)c3)ccc21. The number of benzene rings is 4. The molecule has 4 N–H and O–H groups in total. The molecular weight excluding hydrogens is 706 g/mol. The zero-order chi connectivity index (χ0) is 38.1. The van der Waals surface area contributed by atoms with E-state index in [-0.39, 0.29) is 35.2 Å². The number of alkyl halides is 1. The molecule has 15 heteroatoms. The highest BCUT2D eigenvalue weighted by Gasteiger charge is 2.53. The van der Waals surface area contributed by atoms with Crippen LogP contribution < -0.4 is 29.7 Å². The van der Waals surface area contributed by atoms with E-state index >= 15 is 0 Å². The number of esters is 1. The van der Waals surface area contributed by atoms with Crippen molar-refractivity contribution in [2.75, 3.05) is 49.9 Å². The largest absolute Gasteiger partial charge is 0.524 e. The van der Waals surface area contributed by atoms with Gasteiger partial charge in [-0.05, 0) is 67.4 Å². The third-order valence-electron chi connectivity index (χ3n) is 9.14. The number of phosphoric acid groups is 1. The number of halogens is 1. The predicted octanol–water partition coefficient (Wildman–Crippen LogP) is 6.26. The molecule has 53 heavy (non-hydrogen) atoms. The Morgan fingerprint density at radius 2 is 1.49 bits per heavy atom. The van der Waals surface area contributed by atoms with Gasteiger partial charge in [0, 0.05) is 98.2 Å². The lowest BCUT2D eigenvalue weighted by molar-refractivity contribution is -0.116. The smallest absolute Gasteiger partial charge is 0.456 e. The maximum absolute atomic E-state index is 13.6. The summed E-state index contributed by atoms with van der Waals surface area (Å²) < 4.78 is 41.7. The molecule has 0 bridgehead atoms. The molecule has 0 aromatic heterocycles. The molecule has 2 aliphatic heterocycles. The molecule has 0 aliphatic carbocycles. The Hall–Kier alpha value is -5.43. The van der Waals surface area contributed by atoms with Crippen molar-refractivity contribution < 1.29 is 47.1 Å². The minimum absolute atomic E-state index is 0.113. The molecule has 4 aromatic rings. The number of anilines is 3. The molecule has 13 nitrogen and oxygen atoms in total. The van der Waals surface area contributed by atoms with Crippen LogP contribution in [0, 0.1) is 0 Å². The number of unbranched alkanes of at least 4 members (excludes halogenated alkanes) is 2. The van der Waals surface area contributed by atoms with E-state index in [4.69, 9.17) is 19.3 Å². The summed E-state index contributed by atoms with van der Waals surface area (Å²) in [6.45, 7) is -0.705. The first-order chi connectivity index (χ1) is 25.2. The Morgan fingerprint density at radius 1 is 0.849 bits per heavy atom. The number of nitrogens with one attached hydrogen (secondary N) is 2. The van der Waals surface area contributed by atoms with Crippen molar-refractivity contribution in [2.24, 2.45) is 0 Å². The molecule has 0 atom stereocenters. The van der Waals surface area contributed by atoms with Crippen LogP contribution in [0.15, 0.2) is 72.8 Å². The average Bonchev–Trinajstić information content (AvgIpc) is 3.40. The van der Waals surface area contributed by atoms with Crippen LogP contribution in [-0.4, -0.2) is 62.3 Å². The Kier molecular flexibility index (Phi) is 10.5. The normalized spacial score (nSPS) is 13.6. The number of fused-ring (bicyclic) bond motifs is 6. The molecule has 0 radical (unpaired) electrons. The second-order valence-corrected chi connectivity index (χ2v) is 14.4. The lowest BCUT2D eigenvalue weighted by atomic mass is 9.77. The summed E-state index contributed by atoms with van der Waals surface area (Å²) in [5.74, 6) is -0.403. The van der Waals surface area contributed by atoms with Crippen LogP contribution in [-0.2, 0) is 26.4 Å². The van der Waals surface area contributed by atoms with E-state index in [2.05, 4.69) is 15.2 Å². The molecule has 0 unspecified atom stereocenters. The van der Waals surface area contributed by atoms with Crippen molar-refractivity contribution >= 4 is 42.7 Å². The van der Waals surface area contributed by atoms with Crippen molar-refractivity contribution in [3.8, 4) is 17.2 Å². The van der Waals surface area contributed by atoms with Gasteiger partial charge < -0.3 is 34.4 Å². The number of amides is 2. The molecule has 2 aliphatic rings. The lowest BCUT2D eigenvalue weighted by Gasteiger charge is -2.37. The van der Waals surface area contributed by atoms with Crippen LogP contribution in [0.1, 0.15) is 68.7 Å². The number of hydrogen-bond donors (Lipinski definition) is 4. The summed E-state index contributed by atoms with van der Waals surface area (Å²) in [7, 11) is 2.87. The van der Waals surface area contributed by atoms with E-state index in [9.17, 15) is 23.3 Å². The van der Waals surface area contributed by atoms with Gasteiger partial charge >= 0.3 is 13.8 Å². The van der Waals surface area contributed by atoms with Crippen LogP contribution in [0.5, 0.6) is 17.2 Å². The van der Waals surface area contributed by atoms with Crippen molar-refractivity contribution in [3.63, 3.8) is 0 Å². The Labute approximate surface area is 305 Å². The summed E-state index contributed by atoms with van der Waals surface area (Å²) in [5, 5.41) is 5.51. The summed E-state index contributed by atoms with van der Waals surface area (Å²) in [4.78, 5) is 61.1. The molecule has 0 saturated carbocycles. The third kappa shape index (κ3) is 7.71. The van der Waals surface area contributed by atoms with E-state index in [1.54, 1.807) is 18.2 Å². The van der Waals surface area contributed by atoms with Crippen molar-refractivity contribution in [1.82, 2.24) is 5.32 Å². The van der Waals surface area contributed by atoms with Gasteiger partial charge in [0.1, 0.15) is 23.9 Å². The highest BCUT2D eigenvalue weighted by molar-refractivity contribution is 7.46. The number of rotatable bonds is 13. The van der Waals surface area contributed by atoms with E-state index in [0.29, 0.717) is 65.1 Å². The first-order valence-electron chi connectivity index (χ1n) is 16.9. The molecule has 4 aromatic carbocycles. The number of hydrogen-bond acceptors (Lipinski definition) is 9. The number of phosphoric ester groups is 1. The first-order valence-corrected chi connectivity index (χ1v) is 18.4. The van der Waals surface area contributed by atoms with Gasteiger partial charge in [-0.25, -0.2) is 13.8 Å². The highest BCUT2D eigenvalue weighted by atomic mass is 31.2. The number of ether oxygens (including phenoxy) is 2. The van der Waals surface area contributed by atoms with Crippen molar-refractivity contribution in [1.29, 1.82) is 0 Å². The molecule has 0 fully saturated rings. The zero-order valence-electron chi connectivity index (χ0n) is 29.6. The zero-order valence-corrected chi connectivity index (χ0v) is 30.5. The number of carbonyl (C=O) groups excluding carboxylic acids is 3. The van der Waals surface area contributed by atoms with Crippen LogP contribution in [0.4, 0.5) is 21.5 Å². The summed E-state index contributed by atoms with van der Waals surface area (Å²) in [5.41, 5.74) is 3.29. The Bertz CT molecular complexity index is 2080. The Morgan fingerprint density at radius 3 is 2.09 bits per heavy atom. The van der Waals surface area contributed by atoms with E-state index < -0.39 is 26.1 Å². The molecule has 278 valence electrons. The second kappa shape index (κ2) is 14.9. The topological polar surface area (TPSA) is 167 Å². The van der Waals surface area contributed by atoms with Gasteiger partial charge in [0.15, 0.2) is 5.60 Å². The van der Waals surface area contributed by atoms with Gasteiger partial charge in [-0.1, -0.05) is 12.5 Å². The molecule has 6 rings (SSSR count). The second-order valence-electron chi connectivity index (χ2n) is 13.2. The Balaban J connectivity index is 1.09. The summed E-state index contributed by atoms with van der Waals surface area (Å²) in [6, 6.07) is 20.3. The van der Waals surface area contributed by atoms with Crippen LogP contribution in [0.2, 0.25) is 0 Å². The average molecular weight is 747 g/mol. The predicted molar refractivity (Wildman–Crippen MR) is 197 cm³/mol. The lowest BCUT2D eigenvalue weighted by Crippen LogP contribution is -2.33. The standard InChI is InChI=1S/C38H40FN4O9P/c1-42(2)26-11-14-30-33(20-26)50-34-21-27(43(3)4)12-15-31(34)38(30)29-13-9-23(19-28(29)37(46)51-38)36(45)40-17-7-5-6-8-35(44)41-25-10-16-32(24(18-25)22-39)52-53(47,48)49/h9-16,18-21H,5-8,17,22H2,1-4H3,(H,40,45)(H,41,44)(H2,47,48,49). The number of nitrogens with zero attached hydrogens (tertiary/aromatic N) is 2. The van der Waals surface area contributed by atoms with Gasteiger partial charge in [-0.15, -0.1) is 0 Å². The van der Waals surface area contributed by atoms with Crippen molar-refractivity contribution in [2.45, 2.75) is 38.0 Å². The molecule has 1 spiro atoms. The maximum Gasteiger partial charge on any atom is 0.524 e. The van der Waals surface area contributed by atoms with Crippen LogP contribution >= 0.6 is 7.82 Å². The quantitative estimate of drug-likeness (QED) is 0.0693. The molecule has 2 heterocycles. The fraction of sp³-hybridized carbons (Fsp3) is 0.289. The van der Waals surface area contributed by atoms with Crippen molar-refractivity contribution in [3.05, 3.63) is 106 Å². The van der Waals surface area contributed by atoms with Gasteiger partial charge in [0.2, 0.25) is 5.91 Å². The minimum Gasteiger partial charge on any atom is -0.456 e. The van der Waals surface area contributed by atoms with Gasteiger partial charge in [-0.3, -0.25) is 19.4 Å². The first kappa shape index (κ1) is 37.3. The van der Waals surface area contributed by atoms with Gasteiger partial charge in [0.05, 0.1) is 5.56 Å². The molecular formula is C38H40FN4O9P. The van der Waals surface area contributed by atoms with E-state index in [0.717, 1.165) is 11.4 Å². The monoisotopic (exact) mass is 746 g/mol. The molecule has 2 amide bonds.